The van der Waals surface area contributed by atoms with Gasteiger partial charge in [0.25, 0.3) is 5.91 Å². The first kappa shape index (κ1) is 22.6. The first-order chi connectivity index (χ1) is 15.9. The van der Waals surface area contributed by atoms with Crippen LogP contribution in [0, 0.1) is 6.92 Å². The maximum Gasteiger partial charge on any atom is 0.321 e. The summed E-state index contributed by atoms with van der Waals surface area (Å²) >= 11 is 0. The van der Waals surface area contributed by atoms with Crippen LogP contribution in [0.1, 0.15) is 25.3 Å². The summed E-state index contributed by atoms with van der Waals surface area (Å²) < 4.78 is 0. The zero-order valence-electron chi connectivity index (χ0n) is 19.2. The van der Waals surface area contributed by atoms with Gasteiger partial charge in [0.2, 0.25) is 5.91 Å². The van der Waals surface area contributed by atoms with Gasteiger partial charge in [0.05, 0.1) is 6.67 Å². The fourth-order valence-electron chi connectivity index (χ4n) is 4.67. The van der Waals surface area contributed by atoms with Gasteiger partial charge in [-0.3, -0.25) is 9.59 Å². The van der Waals surface area contributed by atoms with Gasteiger partial charge in [0, 0.05) is 31.0 Å². The molecule has 2 aromatic carbocycles. The van der Waals surface area contributed by atoms with E-state index in [-0.39, 0.29) is 24.4 Å². The first-order valence-electron chi connectivity index (χ1n) is 11.4. The number of urea groups is 1. The van der Waals surface area contributed by atoms with E-state index < -0.39 is 5.54 Å². The van der Waals surface area contributed by atoms with Crippen molar-refractivity contribution < 1.29 is 14.4 Å². The molecule has 2 saturated heterocycles. The number of hydrogen-bond donors (Lipinski definition) is 2. The molecule has 0 saturated carbocycles. The van der Waals surface area contributed by atoms with Crippen molar-refractivity contribution in [1.82, 2.24) is 15.1 Å². The molecule has 0 bridgehead atoms. The Morgan fingerprint density at radius 2 is 1.67 bits per heavy atom. The molecule has 2 aliphatic rings. The maximum absolute atomic E-state index is 13.6. The Morgan fingerprint density at radius 3 is 2.30 bits per heavy atom. The zero-order chi connectivity index (χ0) is 23.4. The van der Waals surface area contributed by atoms with Gasteiger partial charge in [-0.15, -0.1) is 0 Å². The van der Waals surface area contributed by atoms with Crippen LogP contribution in [-0.4, -0.2) is 66.0 Å². The summed E-state index contributed by atoms with van der Waals surface area (Å²) in [5.74, 6) is -0.206. The Hall–Kier alpha value is -3.55. The van der Waals surface area contributed by atoms with E-state index in [2.05, 4.69) is 15.5 Å². The minimum absolute atomic E-state index is 0.0371. The molecule has 0 aliphatic carbocycles. The second-order valence-corrected chi connectivity index (χ2v) is 8.68. The van der Waals surface area contributed by atoms with E-state index in [1.807, 2.05) is 68.4 Å². The van der Waals surface area contributed by atoms with E-state index in [4.69, 9.17) is 0 Å². The summed E-state index contributed by atoms with van der Waals surface area (Å²) in [7, 11) is 0. The number of piperidine rings is 1. The highest BCUT2D eigenvalue weighted by molar-refractivity contribution is 5.96. The first-order valence-corrected chi connectivity index (χ1v) is 11.4. The van der Waals surface area contributed by atoms with Crippen LogP contribution in [0.3, 0.4) is 0 Å². The van der Waals surface area contributed by atoms with Gasteiger partial charge in [0.1, 0.15) is 12.1 Å². The predicted octanol–water partition coefficient (Wildman–Crippen LogP) is 2.80. The lowest BCUT2D eigenvalue weighted by molar-refractivity contribution is -0.137. The number of likely N-dealkylation sites (N-methyl/N-ethyl adjacent to an activating group) is 1. The van der Waals surface area contributed by atoms with Gasteiger partial charge < -0.3 is 25.3 Å². The number of aryl methyl sites for hydroxylation is 1. The monoisotopic (exact) mass is 449 g/mol. The minimum Gasteiger partial charge on any atom is -0.355 e. The van der Waals surface area contributed by atoms with Crippen molar-refractivity contribution in [3.63, 3.8) is 0 Å². The zero-order valence-corrected chi connectivity index (χ0v) is 19.2. The van der Waals surface area contributed by atoms with Crippen molar-refractivity contribution in [2.45, 2.75) is 32.2 Å². The lowest BCUT2D eigenvalue weighted by atomic mass is 9.85. The molecule has 4 rings (SSSR count). The van der Waals surface area contributed by atoms with Crippen LogP contribution >= 0.6 is 0 Å². The molecule has 0 unspecified atom stereocenters. The molecule has 1 spiro atoms. The van der Waals surface area contributed by atoms with Crippen LogP contribution in [0.2, 0.25) is 0 Å². The summed E-state index contributed by atoms with van der Waals surface area (Å²) in [6.07, 6.45) is 1.02. The van der Waals surface area contributed by atoms with Crippen molar-refractivity contribution >= 4 is 29.2 Å². The average Bonchev–Trinajstić information content (AvgIpc) is 3.08. The molecule has 2 heterocycles. The smallest absolute Gasteiger partial charge is 0.321 e. The van der Waals surface area contributed by atoms with Gasteiger partial charge in [0.15, 0.2) is 0 Å². The number of rotatable bonds is 5. The Kier molecular flexibility index (Phi) is 6.53. The molecule has 4 amide bonds. The van der Waals surface area contributed by atoms with E-state index in [0.29, 0.717) is 39.1 Å². The maximum atomic E-state index is 13.6. The highest BCUT2D eigenvalue weighted by Crippen LogP contribution is 2.39. The number of likely N-dealkylation sites (tertiary alicyclic amines) is 1. The van der Waals surface area contributed by atoms with Gasteiger partial charge >= 0.3 is 6.03 Å². The third-order valence-corrected chi connectivity index (χ3v) is 6.47. The molecule has 0 aromatic heterocycles. The minimum atomic E-state index is -0.755. The molecule has 2 fully saturated rings. The van der Waals surface area contributed by atoms with Gasteiger partial charge in [-0.1, -0.05) is 35.9 Å². The summed E-state index contributed by atoms with van der Waals surface area (Å²) in [5.41, 5.74) is 2.07. The summed E-state index contributed by atoms with van der Waals surface area (Å²) in [6.45, 7) is 5.70. The van der Waals surface area contributed by atoms with Crippen molar-refractivity contribution in [2.75, 3.05) is 43.1 Å². The van der Waals surface area contributed by atoms with Gasteiger partial charge in [-0.25, -0.2) is 4.79 Å². The van der Waals surface area contributed by atoms with Crippen LogP contribution in [0.5, 0.6) is 0 Å². The number of benzene rings is 2. The number of anilines is 2. The summed E-state index contributed by atoms with van der Waals surface area (Å²) in [6, 6.07) is 17.3. The standard InChI is InChI=1S/C25H31N5O3/c1-3-26-22(31)17-29-18-30(21-7-5-4-6-8-21)25(23(29)32)13-15-28(16-14-25)24(33)27-20-11-9-19(2)10-12-20/h4-12H,3,13-18H2,1-2H3,(H,26,31)(H,27,33). The fraction of sp³-hybridized carbons (Fsp3) is 0.400. The van der Waals surface area contributed by atoms with Crippen molar-refractivity contribution in [3.05, 3.63) is 60.2 Å². The average molecular weight is 450 g/mol. The number of carbonyl (C=O) groups is 3. The molecular formula is C25H31N5O3. The summed E-state index contributed by atoms with van der Waals surface area (Å²) in [4.78, 5) is 44.1. The number of carbonyl (C=O) groups excluding carboxylic acids is 3. The molecule has 174 valence electrons. The lowest BCUT2D eigenvalue weighted by Crippen LogP contribution is -2.58. The second-order valence-electron chi connectivity index (χ2n) is 8.68. The fourth-order valence-corrected chi connectivity index (χ4v) is 4.67. The largest absolute Gasteiger partial charge is 0.355 e. The van der Waals surface area contributed by atoms with E-state index >= 15 is 0 Å². The third kappa shape index (κ3) is 4.65. The Bertz CT molecular complexity index is 1000. The second kappa shape index (κ2) is 9.52. The number of nitrogens with one attached hydrogen (secondary N) is 2. The predicted molar refractivity (Wildman–Crippen MR) is 128 cm³/mol. The number of amides is 4. The van der Waals surface area contributed by atoms with Gasteiger partial charge in [-0.2, -0.15) is 0 Å². The molecular weight excluding hydrogens is 418 g/mol. The molecule has 8 nitrogen and oxygen atoms in total. The third-order valence-electron chi connectivity index (χ3n) is 6.47. The molecule has 8 heteroatoms. The summed E-state index contributed by atoms with van der Waals surface area (Å²) in [5, 5.41) is 5.72. The van der Waals surface area contributed by atoms with Crippen LogP contribution < -0.4 is 15.5 Å². The van der Waals surface area contributed by atoms with Crippen LogP contribution in [0.4, 0.5) is 16.2 Å². The molecule has 2 N–H and O–H groups in total. The highest BCUT2D eigenvalue weighted by Gasteiger charge is 2.54. The van der Waals surface area contributed by atoms with E-state index in [1.165, 1.54) is 0 Å². The van der Waals surface area contributed by atoms with E-state index in [1.54, 1.807) is 9.80 Å². The van der Waals surface area contributed by atoms with Crippen LogP contribution in [-0.2, 0) is 9.59 Å². The quantitative estimate of drug-likeness (QED) is 0.735. The van der Waals surface area contributed by atoms with Crippen molar-refractivity contribution in [1.29, 1.82) is 0 Å². The van der Waals surface area contributed by atoms with E-state index in [0.717, 1.165) is 16.9 Å². The molecule has 0 radical (unpaired) electrons. The Morgan fingerprint density at radius 1 is 1.00 bits per heavy atom. The normalized spacial score (nSPS) is 17.4. The number of nitrogens with zero attached hydrogens (tertiary/aromatic N) is 3. The topological polar surface area (TPSA) is 85.0 Å². The van der Waals surface area contributed by atoms with Crippen molar-refractivity contribution in [3.8, 4) is 0 Å². The number of para-hydroxylation sites is 1. The van der Waals surface area contributed by atoms with Gasteiger partial charge in [-0.05, 0) is 51.0 Å². The van der Waals surface area contributed by atoms with Crippen LogP contribution in [0.25, 0.3) is 0 Å². The molecule has 2 aromatic rings. The Balaban J connectivity index is 1.49. The molecule has 2 aliphatic heterocycles. The van der Waals surface area contributed by atoms with Crippen molar-refractivity contribution in [2.24, 2.45) is 0 Å². The highest BCUT2D eigenvalue weighted by atomic mass is 16.2. The molecule has 0 atom stereocenters. The lowest BCUT2D eigenvalue weighted by Gasteiger charge is -2.43. The van der Waals surface area contributed by atoms with E-state index in [9.17, 15) is 14.4 Å². The van der Waals surface area contributed by atoms with Crippen LogP contribution in [0.15, 0.2) is 54.6 Å². The molecule has 33 heavy (non-hydrogen) atoms. The number of hydrogen-bond acceptors (Lipinski definition) is 4. The Labute approximate surface area is 194 Å². The SMILES string of the molecule is CCNC(=O)CN1CN(c2ccccc2)C2(CCN(C(=O)Nc3ccc(C)cc3)CC2)C1=O.